The molecule has 1 aromatic carbocycles. The summed E-state index contributed by atoms with van der Waals surface area (Å²) in [5.41, 5.74) is 0.244. The maximum absolute atomic E-state index is 12.0. The minimum Gasteiger partial charge on any atom is -0.382 e. The van der Waals surface area contributed by atoms with Crippen molar-refractivity contribution in [3.05, 3.63) is 45.6 Å². The number of hydrogen-bond acceptors (Lipinski definition) is 3. The second kappa shape index (κ2) is 5.72. The number of ketones is 1. The van der Waals surface area contributed by atoms with Crippen molar-refractivity contribution in [1.29, 1.82) is 5.26 Å². The van der Waals surface area contributed by atoms with Crippen LogP contribution in [-0.4, -0.2) is 24.8 Å². The van der Waals surface area contributed by atoms with Gasteiger partial charge in [0, 0.05) is 30.9 Å². The van der Waals surface area contributed by atoms with Crippen LogP contribution >= 0.6 is 23.2 Å². The Morgan fingerprint density at radius 2 is 2.06 bits per heavy atom. The molecule has 0 saturated carbocycles. The van der Waals surface area contributed by atoms with Crippen LogP contribution in [0.3, 0.4) is 0 Å². The minimum absolute atomic E-state index is 0.0131. The van der Waals surface area contributed by atoms with Crippen molar-refractivity contribution in [2.24, 2.45) is 0 Å². The third kappa shape index (κ3) is 3.48. The van der Waals surface area contributed by atoms with E-state index >= 15 is 0 Å². The van der Waals surface area contributed by atoms with E-state index in [2.05, 4.69) is 0 Å². The Morgan fingerprint density at radius 3 is 2.59 bits per heavy atom. The van der Waals surface area contributed by atoms with Crippen LogP contribution in [0.5, 0.6) is 0 Å². The molecular formula is C12H10Cl2N2O. The van der Waals surface area contributed by atoms with E-state index in [9.17, 15) is 4.79 Å². The SMILES string of the molecule is CN(C)/C=C(\C#N)C(=O)c1cc(Cl)ccc1Cl. The van der Waals surface area contributed by atoms with Gasteiger partial charge in [0.25, 0.3) is 0 Å². The van der Waals surface area contributed by atoms with Gasteiger partial charge in [0.15, 0.2) is 0 Å². The zero-order valence-corrected chi connectivity index (χ0v) is 10.9. The van der Waals surface area contributed by atoms with E-state index in [1.807, 2.05) is 6.07 Å². The van der Waals surface area contributed by atoms with E-state index < -0.39 is 5.78 Å². The number of nitrogens with zero attached hydrogens (tertiary/aromatic N) is 2. The van der Waals surface area contributed by atoms with Crippen molar-refractivity contribution in [3.63, 3.8) is 0 Å². The van der Waals surface area contributed by atoms with E-state index in [-0.39, 0.29) is 16.2 Å². The predicted octanol–water partition coefficient (Wildman–Crippen LogP) is 3.15. The summed E-state index contributed by atoms with van der Waals surface area (Å²) in [5.74, 6) is -0.436. The molecule has 0 heterocycles. The van der Waals surface area contributed by atoms with Gasteiger partial charge in [0.05, 0.1) is 5.02 Å². The van der Waals surface area contributed by atoms with Gasteiger partial charge in [0.1, 0.15) is 11.6 Å². The highest BCUT2D eigenvalue weighted by Gasteiger charge is 2.16. The molecule has 0 N–H and O–H groups in total. The van der Waals surface area contributed by atoms with Crippen molar-refractivity contribution < 1.29 is 4.79 Å². The summed E-state index contributed by atoms with van der Waals surface area (Å²) in [6, 6.07) is 6.41. The normalized spacial score (nSPS) is 10.9. The number of rotatable bonds is 3. The topological polar surface area (TPSA) is 44.1 Å². The van der Waals surface area contributed by atoms with Crippen molar-refractivity contribution >= 4 is 29.0 Å². The average molecular weight is 269 g/mol. The summed E-state index contributed by atoms with van der Waals surface area (Å²) in [6.07, 6.45) is 1.44. The fourth-order valence-corrected chi connectivity index (χ4v) is 1.59. The van der Waals surface area contributed by atoms with E-state index in [0.29, 0.717) is 5.02 Å². The highest BCUT2D eigenvalue weighted by Crippen LogP contribution is 2.23. The van der Waals surface area contributed by atoms with Crippen LogP contribution in [-0.2, 0) is 0 Å². The van der Waals surface area contributed by atoms with Crippen LogP contribution in [0.25, 0.3) is 0 Å². The molecule has 5 heteroatoms. The Balaban J connectivity index is 3.21. The molecular weight excluding hydrogens is 259 g/mol. The molecule has 3 nitrogen and oxygen atoms in total. The highest BCUT2D eigenvalue weighted by molar-refractivity contribution is 6.37. The number of halogens is 2. The molecule has 0 amide bonds. The molecule has 1 aromatic rings. The van der Waals surface area contributed by atoms with Crippen LogP contribution in [0, 0.1) is 11.3 Å². The van der Waals surface area contributed by atoms with Gasteiger partial charge < -0.3 is 4.90 Å². The Hall–Kier alpha value is -1.50. The van der Waals surface area contributed by atoms with Gasteiger partial charge in [-0.05, 0) is 18.2 Å². The zero-order valence-electron chi connectivity index (χ0n) is 9.37. The molecule has 88 valence electrons. The molecule has 0 bridgehead atoms. The van der Waals surface area contributed by atoms with Crippen molar-refractivity contribution in [3.8, 4) is 6.07 Å². The molecule has 0 atom stereocenters. The van der Waals surface area contributed by atoms with Crippen LogP contribution < -0.4 is 0 Å². The van der Waals surface area contributed by atoms with Gasteiger partial charge >= 0.3 is 0 Å². The lowest BCUT2D eigenvalue weighted by Crippen LogP contribution is -2.09. The third-order valence-corrected chi connectivity index (χ3v) is 2.49. The monoisotopic (exact) mass is 268 g/mol. The largest absolute Gasteiger partial charge is 0.382 e. The van der Waals surface area contributed by atoms with Gasteiger partial charge in [-0.1, -0.05) is 23.2 Å². The fourth-order valence-electron chi connectivity index (χ4n) is 1.21. The first kappa shape index (κ1) is 13.6. The van der Waals surface area contributed by atoms with Gasteiger partial charge in [-0.25, -0.2) is 0 Å². The molecule has 0 aromatic heterocycles. The maximum Gasteiger partial charge on any atom is 0.206 e. The van der Waals surface area contributed by atoms with E-state index in [0.717, 1.165) is 0 Å². The number of hydrogen-bond donors (Lipinski definition) is 0. The lowest BCUT2D eigenvalue weighted by Gasteiger charge is -2.07. The average Bonchev–Trinajstić information content (AvgIpc) is 2.28. The zero-order chi connectivity index (χ0) is 13.0. The summed E-state index contributed by atoms with van der Waals surface area (Å²) >= 11 is 11.7. The summed E-state index contributed by atoms with van der Waals surface area (Å²) in [7, 11) is 3.45. The second-order valence-electron chi connectivity index (χ2n) is 3.57. The van der Waals surface area contributed by atoms with Crippen LogP contribution in [0.1, 0.15) is 10.4 Å². The first-order chi connectivity index (χ1) is 7.95. The Bertz CT molecular complexity index is 516. The number of Topliss-reactive ketones (excluding diaryl/α,β-unsaturated/α-hetero) is 1. The van der Waals surface area contributed by atoms with E-state index in [4.69, 9.17) is 28.5 Å². The third-order valence-electron chi connectivity index (χ3n) is 1.93. The second-order valence-corrected chi connectivity index (χ2v) is 4.42. The number of allylic oxidation sites excluding steroid dienone is 1. The lowest BCUT2D eigenvalue weighted by atomic mass is 10.1. The van der Waals surface area contributed by atoms with Gasteiger partial charge in [-0.2, -0.15) is 5.26 Å². The van der Waals surface area contributed by atoms with Gasteiger partial charge in [-0.3, -0.25) is 4.79 Å². The molecule has 0 spiro atoms. The Morgan fingerprint density at radius 1 is 1.41 bits per heavy atom. The molecule has 1 rings (SSSR count). The summed E-state index contributed by atoms with van der Waals surface area (Å²) in [5, 5.41) is 9.60. The first-order valence-electron chi connectivity index (χ1n) is 4.74. The molecule has 0 unspecified atom stereocenters. The van der Waals surface area contributed by atoms with E-state index in [1.54, 1.807) is 25.1 Å². The number of carbonyl (C=O) groups excluding carboxylic acids is 1. The van der Waals surface area contributed by atoms with Crippen molar-refractivity contribution in [1.82, 2.24) is 4.90 Å². The molecule has 17 heavy (non-hydrogen) atoms. The van der Waals surface area contributed by atoms with E-state index in [1.165, 1.54) is 18.3 Å². The van der Waals surface area contributed by atoms with Gasteiger partial charge in [-0.15, -0.1) is 0 Å². The fraction of sp³-hybridized carbons (Fsp3) is 0.167. The smallest absolute Gasteiger partial charge is 0.206 e. The van der Waals surface area contributed by atoms with Gasteiger partial charge in [0.2, 0.25) is 5.78 Å². The van der Waals surface area contributed by atoms with Crippen molar-refractivity contribution in [2.45, 2.75) is 0 Å². The Kier molecular flexibility index (Phi) is 4.56. The highest BCUT2D eigenvalue weighted by atomic mass is 35.5. The predicted molar refractivity (Wildman–Crippen MR) is 68.2 cm³/mol. The molecule has 0 aliphatic rings. The summed E-state index contributed by atoms with van der Waals surface area (Å²) < 4.78 is 0. The molecule has 0 radical (unpaired) electrons. The number of carbonyl (C=O) groups is 1. The molecule has 0 aliphatic carbocycles. The minimum atomic E-state index is -0.436. The van der Waals surface area contributed by atoms with Crippen LogP contribution in [0.15, 0.2) is 30.0 Å². The molecule has 0 aliphatic heterocycles. The first-order valence-corrected chi connectivity index (χ1v) is 5.49. The molecule has 0 fully saturated rings. The Labute approximate surface area is 110 Å². The maximum atomic E-state index is 12.0. The quantitative estimate of drug-likeness (QED) is 0.481. The lowest BCUT2D eigenvalue weighted by molar-refractivity contribution is 0.103. The van der Waals surface area contributed by atoms with Crippen LogP contribution in [0.4, 0.5) is 0 Å². The van der Waals surface area contributed by atoms with Crippen molar-refractivity contribution in [2.75, 3.05) is 14.1 Å². The molecule has 0 saturated heterocycles. The standard InChI is InChI=1S/C12H10Cl2N2O/c1-16(2)7-8(6-15)12(17)10-5-9(13)3-4-11(10)14/h3-5,7H,1-2H3/b8-7+. The summed E-state index contributed by atoms with van der Waals surface area (Å²) in [4.78, 5) is 13.6. The number of benzene rings is 1. The number of nitriles is 1. The summed E-state index contributed by atoms with van der Waals surface area (Å²) in [6.45, 7) is 0. The van der Waals surface area contributed by atoms with Crippen LogP contribution in [0.2, 0.25) is 10.0 Å².